The van der Waals surface area contributed by atoms with Gasteiger partial charge in [0.05, 0.1) is 23.0 Å². The van der Waals surface area contributed by atoms with Gasteiger partial charge in [-0.15, -0.1) is 0 Å². The van der Waals surface area contributed by atoms with Crippen molar-refractivity contribution in [3.63, 3.8) is 0 Å². The molecule has 4 rings (SSSR count). The highest BCUT2D eigenvalue weighted by molar-refractivity contribution is 8.00. The van der Waals surface area contributed by atoms with Crippen LogP contribution in [0.15, 0.2) is 66.1 Å². The lowest BCUT2D eigenvalue weighted by Crippen LogP contribution is -2.15. The Labute approximate surface area is 176 Å². The predicted molar refractivity (Wildman–Crippen MR) is 116 cm³/mol. The second-order valence-electron chi connectivity index (χ2n) is 6.59. The van der Waals surface area contributed by atoms with Crippen LogP contribution in [0.4, 0.5) is 5.69 Å². The fraction of sp³-hybridized carbons (Fsp3) is 0.0952. The molecule has 2 aromatic heterocycles. The van der Waals surface area contributed by atoms with Crippen LogP contribution in [0.5, 0.6) is 0 Å². The van der Waals surface area contributed by atoms with E-state index in [1.54, 1.807) is 35.1 Å². The quantitative estimate of drug-likeness (QED) is 0.367. The average molecular weight is 418 g/mol. The summed E-state index contributed by atoms with van der Waals surface area (Å²) in [6, 6.07) is 14.4. The predicted octanol–water partition coefficient (Wildman–Crippen LogP) is 2.95. The molecule has 4 aromatic rings. The molecule has 3 N–H and O–H groups in total. The monoisotopic (exact) mass is 418 g/mol. The topological polar surface area (TPSA) is 116 Å². The van der Waals surface area contributed by atoms with Crippen LogP contribution in [0, 0.1) is 6.92 Å². The minimum Gasteiger partial charge on any atom is -0.366 e. The summed E-state index contributed by atoms with van der Waals surface area (Å²) in [6.45, 7) is 2.03. The zero-order valence-electron chi connectivity index (χ0n) is 16.1. The fourth-order valence-corrected chi connectivity index (χ4v) is 3.62. The maximum Gasteiger partial charge on any atom is 0.248 e. The minimum atomic E-state index is -0.512. The number of aromatic nitrogens is 4. The Morgan fingerprint density at radius 3 is 2.50 bits per heavy atom. The van der Waals surface area contributed by atoms with Crippen molar-refractivity contribution in [2.75, 3.05) is 11.1 Å². The zero-order chi connectivity index (χ0) is 21.1. The number of carbonyl (C=O) groups is 2. The van der Waals surface area contributed by atoms with Gasteiger partial charge in [-0.05, 0) is 43.3 Å². The number of hydrogen-bond donors (Lipinski definition) is 2. The maximum atomic E-state index is 12.3. The van der Waals surface area contributed by atoms with Crippen LogP contribution in [0.3, 0.4) is 0 Å². The third-order valence-electron chi connectivity index (χ3n) is 4.40. The van der Waals surface area contributed by atoms with E-state index in [1.807, 2.05) is 31.2 Å². The summed E-state index contributed by atoms with van der Waals surface area (Å²) in [5.41, 5.74) is 8.94. The number of amides is 2. The molecule has 0 aliphatic heterocycles. The highest BCUT2D eigenvalue weighted by Crippen LogP contribution is 2.26. The number of thioether (sulfide) groups is 1. The molecule has 2 aromatic carbocycles. The third kappa shape index (κ3) is 4.15. The van der Waals surface area contributed by atoms with E-state index in [4.69, 9.17) is 5.73 Å². The summed E-state index contributed by atoms with van der Waals surface area (Å²) < 4.78 is 1.75. The Kier molecular flexibility index (Phi) is 5.44. The largest absolute Gasteiger partial charge is 0.366 e. The van der Waals surface area contributed by atoms with Crippen molar-refractivity contribution in [2.24, 2.45) is 5.73 Å². The molecule has 0 bridgehead atoms. The van der Waals surface area contributed by atoms with E-state index < -0.39 is 5.91 Å². The third-order valence-corrected chi connectivity index (χ3v) is 5.41. The lowest BCUT2D eigenvalue weighted by atomic mass is 10.2. The van der Waals surface area contributed by atoms with Crippen LogP contribution in [0.25, 0.3) is 16.7 Å². The van der Waals surface area contributed by atoms with Gasteiger partial charge in [-0.3, -0.25) is 9.59 Å². The minimum absolute atomic E-state index is 0.166. The molecule has 2 amide bonds. The van der Waals surface area contributed by atoms with E-state index in [2.05, 4.69) is 20.4 Å². The number of nitrogens with zero attached hydrogens (tertiary/aromatic N) is 4. The van der Waals surface area contributed by atoms with Crippen LogP contribution in [-0.2, 0) is 4.79 Å². The summed E-state index contributed by atoms with van der Waals surface area (Å²) in [5.74, 6) is -0.536. The van der Waals surface area contributed by atoms with Crippen LogP contribution >= 0.6 is 11.8 Å². The van der Waals surface area contributed by atoms with Gasteiger partial charge >= 0.3 is 0 Å². The number of fused-ring (bicyclic) bond motifs is 1. The summed E-state index contributed by atoms with van der Waals surface area (Å²) in [5, 5.41) is 8.68. The number of benzene rings is 2. The first-order valence-corrected chi connectivity index (χ1v) is 10.1. The number of nitrogens with two attached hydrogens (primary N) is 1. The van der Waals surface area contributed by atoms with Crippen molar-refractivity contribution in [1.29, 1.82) is 0 Å². The van der Waals surface area contributed by atoms with E-state index >= 15 is 0 Å². The van der Waals surface area contributed by atoms with Gasteiger partial charge in [0.25, 0.3) is 0 Å². The lowest BCUT2D eigenvalue weighted by Gasteiger charge is -2.06. The molecule has 0 unspecified atom stereocenters. The van der Waals surface area contributed by atoms with Crippen LogP contribution in [-0.4, -0.2) is 37.3 Å². The zero-order valence-corrected chi connectivity index (χ0v) is 16.9. The van der Waals surface area contributed by atoms with Crippen LogP contribution in [0.1, 0.15) is 15.9 Å². The summed E-state index contributed by atoms with van der Waals surface area (Å²) >= 11 is 1.31. The fourth-order valence-electron chi connectivity index (χ4n) is 2.86. The van der Waals surface area contributed by atoms with E-state index in [0.29, 0.717) is 21.9 Å². The average Bonchev–Trinajstić information content (AvgIpc) is 3.18. The number of carbonyl (C=O) groups excluding carboxylic acids is 2. The van der Waals surface area contributed by atoms with Gasteiger partial charge in [0.15, 0.2) is 5.65 Å². The molecular weight excluding hydrogens is 400 g/mol. The molecule has 30 heavy (non-hydrogen) atoms. The van der Waals surface area contributed by atoms with Gasteiger partial charge in [-0.1, -0.05) is 29.5 Å². The van der Waals surface area contributed by atoms with Crippen LogP contribution < -0.4 is 11.1 Å². The van der Waals surface area contributed by atoms with E-state index in [1.165, 1.54) is 18.1 Å². The van der Waals surface area contributed by atoms with Crippen molar-refractivity contribution in [3.8, 4) is 5.69 Å². The Morgan fingerprint density at radius 1 is 1.07 bits per heavy atom. The first-order valence-electron chi connectivity index (χ1n) is 9.09. The molecule has 0 atom stereocenters. The molecule has 0 fully saturated rings. The normalized spacial score (nSPS) is 10.8. The van der Waals surface area contributed by atoms with E-state index in [9.17, 15) is 9.59 Å². The first-order chi connectivity index (χ1) is 14.5. The molecule has 0 saturated heterocycles. The first kappa shape index (κ1) is 19.6. The SMILES string of the molecule is Cc1ccc(-n2ncc3c(SCC(=O)Nc4ccc(C(N)=O)cc4)ncnc32)cc1. The molecule has 0 spiro atoms. The number of hydrogen-bond acceptors (Lipinski definition) is 6. The number of rotatable bonds is 6. The van der Waals surface area contributed by atoms with E-state index in [0.717, 1.165) is 16.6 Å². The Balaban J connectivity index is 1.47. The Bertz CT molecular complexity index is 1220. The molecule has 0 aliphatic rings. The molecule has 2 heterocycles. The van der Waals surface area contributed by atoms with Gasteiger partial charge in [-0.25, -0.2) is 14.6 Å². The Hall–Kier alpha value is -3.72. The van der Waals surface area contributed by atoms with Gasteiger partial charge in [-0.2, -0.15) is 5.10 Å². The smallest absolute Gasteiger partial charge is 0.248 e. The molecule has 0 radical (unpaired) electrons. The number of primary amides is 1. The highest BCUT2D eigenvalue weighted by Gasteiger charge is 2.13. The summed E-state index contributed by atoms with van der Waals surface area (Å²) in [4.78, 5) is 32.1. The van der Waals surface area contributed by atoms with E-state index in [-0.39, 0.29) is 11.7 Å². The summed E-state index contributed by atoms with van der Waals surface area (Å²) in [7, 11) is 0. The number of nitrogens with one attached hydrogen (secondary N) is 1. The second-order valence-corrected chi connectivity index (χ2v) is 7.55. The van der Waals surface area contributed by atoms with Gasteiger partial charge in [0.2, 0.25) is 11.8 Å². The molecule has 0 aliphatic carbocycles. The van der Waals surface area contributed by atoms with Crippen molar-refractivity contribution in [3.05, 3.63) is 72.2 Å². The number of aryl methyl sites for hydroxylation is 1. The lowest BCUT2D eigenvalue weighted by molar-refractivity contribution is -0.113. The van der Waals surface area contributed by atoms with Crippen LogP contribution in [0.2, 0.25) is 0 Å². The molecule has 9 heteroatoms. The highest BCUT2D eigenvalue weighted by atomic mass is 32.2. The maximum absolute atomic E-state index is 12.3. The van der Waals surface area contributed by atoms with Gasteiger partial charge < -0.3 is 11.1 Å². The molecule has 0 saturated carbocycles. The summed E-state index contributed by atoms with van der Waals surface area (Å²) in [6.07, 6.45) is 3.18. The molecule has 150 valence electrons. The van der Waals surface area contributed by atoms with Crippen molar-refractivity contribution in [1.82, 2.24) is 19.7 Å². The van der Waals surface area contributed by atoms with Crippen molar-refractivity contribution in [2.45, 2.75) is 11.9 Å². The van der Waals surface area contributed by atoms with Gasteiger partial charge in [0.1, 0.15) is 11.4 Å². The molecule has 8 nitrogen and oxygen atoms in total. The molecular formula is C21H18N6O2S. The Morgan fingerprint density at radius 2 is 1.80 bits per heavy atom. The second kappa shape index (κ2) is 8.34. The van der Waals surface area contributed by atoms with Crippen molar-refractivity contribution >= 4 is 40.3 Å². The number of anilines is 1. The van der Waals surface area contributed by atoms with Gasteiger partial charge in [0, 0.05) is 11.3 Å². The van der Waals surface area contributed by atoms with Crippen molar-refractivity contribution < 1.29 is 9.59 Å². The standard InChI is InChI=1S/C21H18N6O2S/c1-13-2-8-16(9-3-13)27-20-17(10-25-27)21(24-12-23-20)30-11-18(28)26-15-6-4-14(5-7-15)19(22)29/h2-10,12H,11H2,1H3,(H2,22,29)(H,26,28).